The van der Waals surface area contributed by atoms with Crippen LogP contribution in [0.25, 0.3) is 99.3 Å². The Kier molecular flexibility index (Phi) is 5.68. The zero-order valence-corrected chi connectivity index (χ0v) is 28.1. The van der Waals surface area contributed by atoms with Gasteiger partial charge in [0.2, 0.25) is 5.95 Å². The molecule has 0 amide bonds. The largest absolute Gasteiger partial charge is 0.456 e. The molecule has 0 aliphatic carbocycles. The van der Waals surface area contributed by atoms with Crippen molar-refractivity contribution in [3.63, 3.8) is 0 Å². The number of hydrogen-bond donors (Lipinski definition) is 0. The molecule has 11 aromatic rings. The molecule has 0 radical (unpaired) electrons. The standard InChI is InChI=1S/C47H26N4O2/c1-2-13-30-27(10-1)22-24-34-33-16-7-11-28-12-8-19-38(42(28)33)51(43(30)34)47-49-45(29-23-25-41-37(26-29)32-15-4-5-20-39(32)52-41)48-46(50-47)36-18-9-17-35-31-14-3-6-21-40(31)53-44(35)36/h1-26H. The number of para-hydroxylation sites is 3. The van der Waals surface area contributed by atoms with Crippen LogP contribution in [-0.4, -0.2) is 15.0 Å². The van der Waals surface area contributed by atoms with Gasteiger partial charge in [-0.15, -0.1) is 0 Å². The number of fused-ring (bicyclic) bond motifs is 10. The average Bonchev–Trinajstić information content (AvgIpc) is 3.79. The first-order chi connectivity index (χ1) is 26.3. The van der Waals surface area contributed by atoms with E-state index in [1.807, 2.05) is 60.7 Å². The monoisotopic (exact) mass is 678 g/mol. The second-order valence-corrected chi connectivity index (χ2v) is 13.6. The van der Waals surface area contributed by atoms with E-state index >= 15 is 0 Å². The Morgan fingerprint density at radius 1 is 0.415 bits per heavy atom. The SMILES string of the molecule is c1ccc2c3c(ccc2c1)-c1cccc2cccc(c12)N3c1nc(-c2ccc3oc4ccccc4c3c2)nc(-c2cccc3c2oc2ccccc23)n1. The molecule has 0 atom stereocenters. The van der Waals surface area contributed by atoms with Gasteiger partial charge in [-0.25, -0.2) is 4.98 Å². The van der Waals surface area contributed by atoms with Crippen LogP contribution in [0, 0.1) is 0 Å². The molecular weight excluding hydrogens is 653 g/mol. The summed E-state index contributed by atoms with van der Waals surface area (Å²) in [6.07, 6.45) is 0. The van der Waals surface area contributed by atoms with Gasteiger partial charge in [-0.05, 0) is 58.8 Å². The van der Waals surface area contributed by atoms with Crippen LogP contribution >= 0.6 is 0 Å². The van der Waals surface area contributed by atoms with Gasteiger partial charge in [-0.2, -0.15) is 9.97 Å². The van der Waals surface area contributed by atoms with Crippen molar-refractivity contribution in [3.05, 3.63) is 158 Å². The molecule has 6 nitrogen and oxygen atoms in total. The number of hydrogen-bond acceptors (Lipinski definition) is 6. The lowest BCUT2D eigenvalue weighted by Gasteiger charge is -2.33. The molecular formula is C47H26N4O2. The number of rotatable bonds is 3. The van der Waals surface area contributed by atoms with Gasteiger partial charge in [0.05, 0.1) is 16.9 Å². The molecule has 0 spiro atoms. The minimum Gasteiger partial charge on any atom is -0.456 e. The third-order valence-corrected chi connectivity index (χ3v) is 10.6. The van der Waals surface area contributed by atoms with Crippen LogP contribution in [0.1, 0.15) is 0 Å². The van der Waals surface area contributed by atoms with Crippen molar-refractivity contribution in [1.29, 1.82) is 0 Å². The van der Waals surface area contributed by atoms with Crippen LogP contribution in [0.2, 0.25) is 0 Å². The van der Waals surface area contributed by atoms with Gasteiger partial charge in [0.1, 0.15) is 22.3 Å². The van der Waals surface area contributed by atoms with Gasteiger partial charge >= 0.3 is 0 Å². The number of benzene rings is 8. The molecule has 6 heteroatoms. The third-order valence-electron chi connectivity index (χ3n) is 10.6. The topological polar surface area (TPSA) is 68.2 Å². The number of nitrogens with zero attached hydrogens (tertiary/aromatic N) is 4. The summed E-state index contributed by atoms with van der Waals surface area (Å²) in [6.45, 7) is 0. The highest BCUT2D eigenvalue weighted by molar-refractivity contribution is 6.18. The van der Waals surface area contributed by atoms with Crippen LogP contribution in [0.4, 0.5) is 17.3 Å². The lowest BCUT2D eigenvalue weighted by atomic mass is 9.89. The van der Waals surface area contributed by atoms with Crippen LogP contribution in [0.3, 0.4) is 0 Å². The van der Waals surface area contributed by atoms with E-state index in [1.54, 1.807) is 0 Å². The Bertz CT molecular complexity index is 3320. The van der Waals surface area contributed by atoms with E-state index in [2.05, 4.69) is 102 Å². The zero-order chi connectivity index (χ0) is 34.6. The van der Waals surface area contributed by atoms with Crippen molar-refractivity contribution in [2.24, 2.45) is 0 Å². The van der Waals surface area contributed by atoms with Crippen molar-refractivity contribution in [1.82, 2.24) is 15.0 Å². The molecule has 0 fully saturated rings. The summed E-state index contributed by atoms with van der Waals surface area (Å²) in [6, 6.07) is 54.5. The molecule has 4 heterocycles. The van der Waals surface area contributed by atoms with Gasteiger partial charge in [0.25, 0.3) is 0 Å². The highest BCUT2D eigenvalue weighted by atomic mass is 16.3. The molecule has 3 aromatic heterocycles. The second kappa shape index (κ2) is 10.6. The highest BCUT2D eigenvalue weighted by Crippen LogP contribution is 2.53. The number of anilines is 3. The van der Waals surface area contributed by atoms with Crippen LogP contribution in [-0.2, 0) is 0 Å². The van der Waals surface area contributed by atoms with Gasteiger partial charge in [0, 0.05) is 43.4 Å². The van der Waals surface area contributed by atoms with Crippen molar-refractivity contribution in [2.45, 2.75) is 0 Å². The Hall–Kier alpha value is -7.31. The fraction of sp³-hybridized carbons (Fsp3) is 0. The number of aromatic nitrogens is 3. The van der Waals surface area contributed by atoms with Crippen LogP contribution in [0.15, 0.2) is 167 Å². The zero-order valence-electron chi connectivity index (χ0n) is 28.1. The molecule has 0 N–H and O–H groups in total. The summed E-state index contributed by atoms with van der Waals surface area (Å²) in [4.78, 5) is 18.2. The predicted octanol–water partition coefficient (Wildman–Crippen LogP) is 12.8. The van der Waals surface area contributed by atoms with Gasteiger partial charge in [0.15, 0.2) is 11.6 Å². The Morgan fingerprint density at radius 2 is 1.08 bits per heavy atom. The first-order valence-electron chi connectivity index (χ1n) is 17.7. The minimum absolute atomic E-state index is 0.523. The molecule has 53 heavy (non-hydrogen) atoms. The Balaban J connectivity index is 1.19. The van der Waals surface area contributed by atoms with E-state index in [0.717, 1.165) is 93.5 Å². The van der Waals surface area contributed by atoms with Crippen LogP contribution < -0.4 is 4.90 Å². The van der Waals surface area contributed by atoms with Crippen molar-refractivity contribution in [2.75, 3.05) is 4.90 Å². The molecule has 1 aliphatic rings. The summed E-state index contributed by atoms with van der Waals surface area (Å²) in [5.74, 6) is 1.60. The van der Waals surface area contributed by atoms with Gasteiger partial charge in [-0.3, -0.25) is 4.90 Å². The summed E-state index contributed by atoms with van der Waals surface area (Å²) in [5, 5.41) is 8.69. The van der Waals surface area contributed by atoms with Gasteiger partial charge in [-0.1, -0.05) is 115 Å². The summed E-state index contributed by atoms with van der Waals surface area (Å²) in [5.41, 5.74) is 9.25. The molecule has 0 bridgehead atoms. The maximum Gasteiger partial charge on any atom is 0.238 e. The average molecular weight is 679 g/mol. The smallest absolute Gasteiger partial charge is 0.238 e. The maximum absolute atomic E-state index is 6.54. The minimum atomic E-state index is 0.523. The third kappa shape index (κ3) is 4.06. The first kappa shape index (κ1) is 28.4. The van der Waals surface area contributed by atoms with E-state index in [0.29, 0.717) is 17.6 Å². The lowest BCUT2D eigenvalue weighted by molar-refractivity contribution is 0.669. The predicted molar refractivity (Wildman–Crippen MR) is 214 cm³/mol. The number of furan rings is 2. The molecule has 0 saturated carbocycles. The van der Waals surface area contributed by atoms with Gasteiger partial charge < -0.3 is 8.83 Å². The highest BCUT2D eigenvalue weighted by Gasteiger charge is 2.30. The molecule has 8 aromatic carbocycles. The quantitative estimate of drug-likeness (QED) is 0.185. The Labute approximate surface area is 302 Å². The fourth-order valence-electron chi connectivity index (χ4n) is 8.28. The van der Waals surface area contributed by atoms with Crippen molar-refractivity contribution >= 4 is 82.7 Å². The summed E-state index contributed by atoms with van der Waals surface area (Å²) < 4.78 is 12.7. The summed E-state index contributed by atoms with van der Waals surface area (Å²) in [7, 11) is 0. The summed E-state index contributed by atoms with van der Waals surface area (Å²) >= 11 is 0. The van der Waals surface area contributed by atoms with E-state index in [9.17, 15) is 0 Å². The maximum atomic E-state index is 6.54. The molecule has 0 unspecified atom stereocenters. The van der Waals surface area contributed by atoms with E-state index in [4.69, 9.17) is 23.8 Å². The van der Waals surface area contributed by atoms with E-state index < -0.39 is 0 Å². The molecule has 246 valence electrons. The molecule has 0 saturated heterocycles. The van der Waals surface area contributed by atoms with Crippen LogP contribution in [0.5, 0.6) is 0 Å². The second-order valence-electron chi connectivity index (χ2n) is 13.6. The fourth-order valence-corrected chi connectivity index (χ4v) is 8.28. The van der Waals surface area contributed by atoms with Crippen molar-refractivity contribution < 1.29 is 8.83 Å². The molecule has 12 rings (SSSR count). The first-order valence-corrected chi connectivity index (χ1v) is 17.7. The van der Waals surface area contributed by atoms with E-state index in [-0.39, 0.29) is 0 Å². The lowest BCUT2D eigenvalue weighted by Crippen LogP contribution is -2.19. The Morgan fingerprint density at radius 3 is 1.96 bits per heavy atom. The van der Waals surface area contributed by atoms with Crippen molar-refractivity contribution in [3.8, 4) is 33.9 Å². The normalized spacial score (nSPS) is 12.5. The molecule has 1 aliphatic heterocycles. The van der Waals surface area contributed by atoms with E-state index in [1.165, 1.54) is 5.56 Å².